The molecule has 2 aromatic carbocycles. The van der Waals surface area contributed by atoms with Gasteiger partial charge in [0.05, 0.1) is 5.60 Å². The van der Waals surface area contributed by atoms with Gasteiger partial charge in [-0.1, -0.05) is 67.6 Å². The molecule has 0 aliphatic rings. The van der Waals surface area contributed by atoms with Crippen molar-refractivity contribution in [1.82, 2.24) is 0 Å². The van der Waals surface area contributed by atoms with Gasteiger partial charge in [0.2, 0.25) is 0 Å². The van der Waals surface area contributed by atoms with E-state index >= 15 is 0 Å². The average Bonchev–Trinajstić information content (AvgIpc) is 2.40. The molecule has 0 saturated carbocycles. The summed E-state index contributed by atoms with van der Waals surface area (Å²) in [6, 6.07) is 20.0. The smallest absolute Gasteiger partial charge is 0.0934 e. The van der Waals surface area contributed by atoms with Crippen molar-refractivity contribution in [1.29, 1.82) is 0 Å². The minimum Gasteiger partial charge on any atom is -0.385 e. The molecule has 0 bridgehead atoms. The summed E-state index contributed by atoms with van der Waals surface area (Å²) < 4.78 is 0. The lowest BCUT2D eigenvalue weighted by atomic mass is 9.80. The summed E-state index contributed by atoms with van der Waals surface area (Å²) in [4.78, 5) is 0. The summed E-state index contributed by atoms with van der Waals surface area (Å²) >= 11 is 0. The van der Waals surface area contributed by atoms with E-state index in [9.17, 15) is 5.11 Å². The van der Waals surface area contributed by atoms with Crippen LogP contribution in [-0.4, -0.2) is 5.11 Å². The molecule has 2 unspecified atom stereocenters. The molecule has 0 fully saturated rings. The van der Waals surface area contributed by atoms with Crippen LogP contribution in [0.1, 0.15) is 30.9 Å². The van der Waals surface area contributed by atoms with Gasteiger partial charge in [0, 0.05) is 5.92 Å². The van der Waals surface area contributed by atoms with Gasteiger partial charge in [-0.25, -0.2) is 0 Å². The average molecular weight is 226 g/mol. The highest BCUT2D eigenvalue weighted by atomic mass is 16.3. The van der Waals surface area contributed by atoms with E-state index in [0.29, 0.717) is 0 Å². The first-order chi connectivity index (χ1) is 8.12. The quantitative estimate of drug-likeness (QED) is 0.846. The molecular weight excluding hydrogens is 208 g/mol. The molecule has 2 aromatic rings. The molecule has 88 valence electrons. The van der Waals surface area contributed by atoms with Crippen LogP contribution in [0.4, 0.5) is 0 Å². The molecule has 2 atom stereocenters. The minimum atomic E-state index is -0.845. The molecule has 2 rings (SSSR count). The van der Waals surface area contributed by atoms with E-state index in [4.69, 9.17) is 0 Å². The molecule has 0 aliphatic carbocycles. The number of aliphatic hydroxyl groups is 1. The third kappa shape index (κ3) is 2.40. The highest BCUT2D eigenvalue weighted by Gasteiger charge is 2.30. The lowest BCUT2D eigenvalue weighted by molar-refractivity contribution is 0.0324. The Bertz CT molecular complexity index is 459. The van der Waals surface area contributed by atoms with Gasteiger partial charge in [0.1, 0.15) is 0 Å². The van der Waals surface area contributed by atoms with E-state index in [1.165, 1.54) is 0 Å². The van der Waals surface area contributed by atoms with Gasteiger partial charge in [0.15, 0.2) is 0 Å². The zero-order valence-electron chi connectivity index (χ0n) is 10.3. The molecule has 17 heavy (non-hydrogen) atoms. The monoisotopic (exact) mass is 226 g/mol. The van der Waals surface area contributed by atoms with Crippen LogP contribution in [0.5, 0.6) is 0 Å². The van der Waals surface area contributed by atoms with Crippen molar-refractivity contribution >= 4 is 0 Å². The van der Waals surface area contributed by atoms with Gasteiger partial charge >= 0.3 is 0 Å². The van der Waals surface area contributed by atoms with Crippen molar-refractivity contribution in [3.05, 3.63) is 71.8 Å². The van der Waals surface area contributed by atoms with Crippen molar-refractivity contribution in [3.8, 4) is 0 Å². The number of hydrogen-bond acceptors (Lipinski definition) is 1. The van der Waals surface area contributed by atoms with Crippen molar-refractivity contribution in [3.63, 3.8) is 0 Å². The first-order valence-corrected chi connectivity index (χ1v) is 5.95. The van der Waals surface area contributed by atoms with Crippen LogP contribution in [0.15, 0.2) is 60.7 Å². The summed E-state index contributed by atoms with van der Waals surface area (Å²) in [7, 11) is 0. The second-order valence-electron chi connectivity index (χ2n) is 4.65. The SMILES string of the molecule is CC(c1ccccc1)C(C)(O)c1ccccc1. The molecule has 0 aromatic heterocycles. The van der Waals surface area contributed by atoms with Gasteiger partial charge in [0.25, 0.3) is 0 Å². The zero-order valence-corrected chi connectivity index (χ0v) is 10.3. The van der Waals surface area contributed by atoms with E-state index in [-0.39, 0.29) is 5.92 Å². The Kier molecular flexibility index (Phi) is 3.30. The Hall–Kier alpha value is -1.60. The Morgan fingerprint density at radius 3 is 1.88 bits per heavy atom. The van der Waals surface area contributed by atoms with E-state index in [1.54, 1.807) is 0 Å². The predicted octanol–water partition coefficient (Wildman–Crippen LogP) is 3.70. The number of benzene rings is 2. The van der Waals surface area contributed by atoms with E-state index in [2.05, 4.69) is 19.1 Å². The van der Waals surface area contributed by atoms with Crippen LogP contribution in [0.3, 0.4) is 0 Å². The lowest BCUT2D eigenvalue weighted by Crippen LogP contribution is -2.28. The van der Waals surface area contributed by atoms with Gasteiger partial charge in [-0.05, 0) is 18.1 Å². The van der Waals surface area contributed by atoms with Crippen LogP contribution in [0.25, 0.3) is 0 Å². The first kappa shape index (κ1) is 11.9. The van der Waals surface area contributed by atoms with E-state index in [1.807, 2.05) is 55.5 Å². The fourth-order valence-electron chi connectivity index (χ4n) is 2.09. The summed E-state index contributed by atoms with van der Waals surface area (Å²) in [5, 5.41) is 10.7. The topological polar surface area (TPSA) is 20.2 Å². The Balaban J connectivity index is 2.33. The summed E-state index contributed by atoms with van der Waals surface area (Å²) in [6.07, 6.45) is 0. The van der Waals surface area contributed by atoms with Crippen molar-refractivity contribution < 1.29 is 5.11 Å². The molecule has 0 heterocycles. The fraction of sp³-hybridized carbons (Fsp3) is 0.250. The molecule has 1 heteroatoms. The van der Waals surface area contributed by atoms with Crippen molar-refractivity contribution in [2.45, 2.75) is 25.4 Å². The molecular formula is C16H18O. The molecule has 0 aliphatic heterocycles. The summed E-state index contributed by atoms with van der Waals surface area (Å²) in [5.41, 5.74) is 1.26. The first-order valence-electron chi connectivity index (χ1n) is 5.95. The highest BCUT2D eigenvalue weighted by molar-refractivity contribution is 5.29. The molecule has 0 saturated heterocycles. The molecule has 0 radical (unpaired) electrons. The standard InChI is InChI=1S/C16H18O/c1-13(14-9-5-3-6-10-14)16(2,17)15-11-7-4-8-12-15/h3-13,17H,1-2H3. The Morgan fingerprint density at radius 1 is 0.882 bits per heavy atom. The molecule has 1 nitrogen and oxygen atoms in total. The molecule has 0 spiro atoms. The zero-order chi connectivity index (χ0) is 12.3. The largest absolute Gasteiger partial charge is 0.385 e. The maximum Gasteiger partial charge on any atom is 0.0934 e. The predicted molar refractivity (Wildman–Crippen MR) is 70.9 cm³/mol. The van der Waals surface area contributed by atoms with Crippen LogP contribution in [0, 0.1) is 0 Å². The van der Waals surface area contributed by atoms with Crippen molar-refractivity contribution in [2.75, 3.05) is 0 Å². The third-order valence-electron chi connectivity index (χ3n) is 3.50. The Morgan fingerprint density at radius 2 is 1.35 bits per heavy atom. The number of hydrogen-bond donors (Lipinski definition) is 1. The minimum absolute atomic E-state index is 0.0612. The molecule has 1 N–H and O–H groups in total. The third-order valence-corrected chi connectivity index (χ3v) is 3.50. The van der Waals surface area contributed by atoms with Crippen LogP contribution >= 0.6 is 0 Å². The van der Waals surface area contributed by atoms with Gasteiger partial charge in [-0.3, -0.25) is 0 Å². The highest BCUT2D eigenvalue weighted by Crippen LogP contribution is 2.35. The lowest BCUT2D eigenvalue weighted by Gasteiger charge is -2.31. The fourth-order valence-corrected chi connectivity index (χ4v) is 2.09. The van der Waals surface area contributed by atoms with Crippen molar-refractivity contribution in [2.24, 2.45) is 0 Å². The maximum atomic E-state index is 10.7. The van der Waals surface area contributed by atoms with Crippen LogP contribution < -0.4 is 0 Å². The summed E-state index contributed by atoms with van der Waals surface area (Å²) in [5.74, 6) is 0.0612. The Labute approximate surface area is 103 Å². The second-order valence-corrected chi connectivity index (χ2v) is 4.65. The van der Waals surface area contributed by atoms with Gasteiger partial charge in [-0.2, -0.15) is 0 Å². The molecule has 0 amide bonds. The van der Waals surface area contributed by atoms with E-state index < -0.39 is 5.60 Å². The normalized spacial score (nSPS) is 16.2. The summed E-state index contributed by atoms with van der Waals surface area (Å²) in [6.45, 7) is 3.93. The maximum absolute atomic E-state index is 10.7. The number of rotatable bonds is 3. The second kappa shape index (κ2) is 4.72. The van der Waals surface area contributed by atoms with Gasteiger partial charge < -0.3 is 5.11 Å². The van der Waals surface area contributed by atoms with E-state index in [0.717, 1.165) is 11.1 Å². The van der Waals surface area contributed by atoms with Crippen LogP contribution in [-0.2, 0) is 5.60 Å². The van der Waals surface area contributed by atoms with Crippen LogP contribution in [0.2, 0.25) is 0 Å². The van der Waals surface area contributed by atoms with Gasteiger partial charge in [-0.15, -0.1) is 0 Å².